The fourth-order valence-corrected chi connectivity index (χ4v) is 1.78. The molecule has 1 N–H and O–H groups in total. The fourth-order valence-electron chi connectivity index (χ4n) is 1.78. The van der Waals surface area contributed by atoms with E-state index >= 15 is 0 Å². The molecule has 2 aromatic rings. The van der Waals surface area contributed by atoms with Crippen LogP contribution in [0.4, 0.5) is 0 Å². The predicted octanol–water partition coefficient (Wildman–Crippen LogP) is 1.80. The first kappa shape index (κ1) is 15.6. The third-order valence-corrected chi connectivity index (χ3v) is 2.78. The summed E-state index contributed by atoms with van der Waals surface area (Å²) in [5.74, 6) is 1.81. The smallest absolute Gasteiger partial charge is 0.226 e. The molecule has 21 heavy (non-hydrogen) atoms. The Morgan fingerprint density at radius 3 is 2.76 bits per heavy atom. The summed E-state index contributed by atoms with van der Waals surface area (Å²) in [7, 11) is 0. The Kier molecular flexibility index (Phi) is 4.72. The fraction of sp³-hybridized carbons (Fsp3) is 0.714. The van der Waals surface area contributed by atoms with Gasteiger partial charge < -0.3 is 9.84 Å². The number of aromatic nitrogens is 5. The molecule has 0 radical (unpaired) electrons. The van der Waals surface area contributed by atoms with E-state index in [9.17, 15) is 0 Å². The molecule has 0 aliphatic rings. The van der Waals surface area contributed by atoms with Crippen LogP contribution in [0.3, 0.4) is 0 Å². The SMILES string of the molecule is CC(C)Cc1nc(Cn2cc(CNC(C)(C)C)nn2)no1. The zero-order valence-electron chi connectivity index (χ0n) is 13.4. The quantitative estimate of drug-likeness (QED) is 0.874. The molecular weight excluding hydrogens is 268 g/mol. The zero-order valence-corrected chi connectivity index (χ0v) is 13.4. The number of nitrogens with one attached hydrogen (secondary N) is 1. The highest BCUT2D eigenvalue weighted by Gasteiger charge is 2.12. The monoisotopic (exact) mass is 292 g/mol. The van der Waals surface area contributed by atoms with Gasteiger partial charge in [-0.2, -0.15) is 4.98 Å². The van der Waals surface area contributed by atoms with Gasteiger partial charge >= 0.3 is 0 Å². The van der Waals surface area contributed by atoms with Crippen molar-refractivity contribution >= 4 is 0 Å². The summed E-state index contributed by atoms with van der Waals surface area (Å²) < 4.78 is 6.94. The van der Waals surface area contributed by atoms with Crippen LogP contribution in [0.2, 0.25) is 0 Å². The van der Waals surface area contributed by atoms with Crippen molar-refractivity contribution in [1.29, 1.82) is 0 Å². The molecule has 7 heteroatoms. The largest absolute Gasteiger partial charge is 0.339 e. The Morgan fingerprint density at radius 2 is 2.10 bits per heavy atom. The van der Waals surface area contributed by atoms with Crippen LogP contribution in [0.1, 0.15) is 52.0 Å². The summed E-state index contributed by atoms with van der Waals surface area (Å²) in [5, 5.41) is 15.6. The van der Waals surface area contributed by atoms with Crippen molar-refractivity contribution in [2.75, 3.05) is 0 Å². The van der Waals surface area contributed by atoms with Crippen LogP contribution in [0.5, 0.6) is 0 Å². The summed E-state index contributed by atoms with van der Waals surface area (Å²) in [6.45, 7) is 11.8. The van der Waals surface area contributed by atoms with Crippen LogP contribution in [0.25, 0.3) is 0 Å². The molecule has 0 aliphatic carbocycles. The van der Waals surface area contributed by atoms with E-state index in [2.05, 4.69) is 60.4 Å². The Hall–Kier alpha value is -1.76. The van der Waals surface area contributed by atoms with Gasteiger partial charge in [-0.15, -0.1) is 5.10 Å². The minimum atomic E-state index is 0.0587. The van der Waals surface area contributed by atoms with Crippen molar-refractivity contribution in [2.24, 2.45) is 5.92 Å². The van der Waals surface area contributed by atoms with Gasteiger partial charge in [-0.05, 0) is 26.7 Å². The van der Waals surface area contributed by atoms with Crippen LogP contribution in [0.15, 0.2) is 10.7 Å². The van der Waals surface area contributed by atoms with Crippen LogP contribution in [-0.2, 0) is 19.5 Å². The lowest BCUT2D eigenvalue weighted by Gasteiger charge is -2.19. The van der Waals surface area contributed by atoms with E-state index in [4.69, 9.17) is 4.52 Å². The molecule has 0 amide bonds. The summed E-state index contributed by atoms with van der Waals surface area (Å²) in [5.41, 5.74) is 0.958. The maximum absolute atomic E-state index is 5.21. The van der Waals surface area contributed by atoms with Crippen molar-refractivity contribution in [2.45, 2.75) is 59.7 Å². The molecule has 2 aromatic heterocycles. The molecule has 0 spiro atoms. The maximum Gasteiger partial charge on any atom is 0.226 e. The van der Waals surface area contributed by atoms with E-state index in [1.807, 2.05) is 6.20 Å². The van der Waals surface area contributed by atoms with E-state index < -0.39 is 0 Å². The van der Waals surface area contributed by atoms with Crippen molar-refractivity contribution in [3.8, 4) is 0 Å². The number of hydrogen-bond acceptors (Lipinski definition) is 6. The van der Waals surface area contributed by atoms with Gasteiger partial charge in [-0.3, -0.25) is 0 Å². The number of hydrogen-bond donors (Lipinski definition) is 1. The highest BCUT2D eigenvalue weighted by atomic mass is 16.5. The average Bonchev–Trinajstić information content (AvgIpc) is 2.95. The minimum absolute atomic E-state index is 0.0587. The molecule has 0 fully saturated rings. The van der Waals surface area contributed by atoms with Gasteiger partial charge in [-0.1, -0.05) is 24.2 Å². The topological polar surface area (TPSA) is 81.7 Å². The Bertz CT molecular complexity index is 566. The first-order valence-corrected chi connectivity index (χ1v) is 7.27. The van der Waals surface area contributed by atoms with Gasteiger partial charge in [0.1, 0.15) is 6.54 Å². The van der Waals surface area contributed by atoms with Gasteiger partial charge in [0.2, 0.25) is 5.89 Å². The summed E-state index contributed by atoms with van der Waals surface area (Å²) in [6, 6.07) is 0. The molecule has 116 valence electrons. The van der Waals surface area contributed by atoms with Crippen LogP contribution < -0.4 is 5.32 Å². The first-order valence-electron chi connectivity index (χ1n) is 7.27. The molecule has 2 rings (SSSR count). The van der Waals surface area contributed by atoms with Crippen molar-refractivity contribution in [3.05, 3.63) is 23.6 Å². The van der Waals surface area contributed by atoms with Gasteiger partial charge in [0.25, 0.3) is 0 Å². The zero-order chi connectivity index (χ0) is 15.5. The molecule has 7 nitrogen and oxygen atoms in total. The highest BCUT2D eigenvalue weighted by Crippen LogP contribution is 2.07. The molecule has 2 heterocycles. The van der Waals surface area contributed by atoms with E-state index in [1.165, 1.54) is 0 Å². The Morgan fingerprint density at radius 1 is 1.33 bits per heavy atom. The Balaban J connectivity index is 1.91. The molecule has 0 aromatic carbocycles. The third kappa shape index (κ3) is 5.26. The van der Waals surface area contributed by atoms with E-state index in [-0.39, 0.29) is 5.54 Å². The van der Waals surface area contributed by atoms with E-state index in [0.29, 0.717) is 30.7 Å². The lowest BCUT2D eigenvalue weighted by atomic mass is 10.1. The maximum atomic E-state index is 5.21. The van der Waals surface area contributed by atoms with Gasteiger partial charge in [0, 0.05) is 18.5 Å². The summed E-state index contributed by atoms with van der Waals surface area (Å²) in [6.07, 6.45) is 2.70. The molecule has 0 bridgehead atoms. The van der Waals surface area contributed by atoms with Crippen molar-refractivity contribution < 1.29 is 4.52 Å². The lowest BCUT2D eigenvalue weighted by molar-refractivity contribution is 0.357. The number of rotatable bonds is 6. The van der Waals surface area contributed by atoms with Gasteiger partial charge in [0.15, 0.2) is 5.82 Å². The second kappa shape index (κ2) is 6.34. The first-order chi connectivity index (χ1) is 9.82. The molecule has 0 aliphatic heterocycles. The third-order valence-electron chi connectivity index (χ3n) is 2.78. The summed E-state index contributed by atoms with van der Waals surface area (Å²) >= 11 is 0. The number of nitrogens with zero attached hydrogens (tertiary/aromatic N) is 5. The lowest BCUT2D eigenvalue weighted by Crippen LogP contribution is -2.35. The second-order valence-electron chi connectivity index (χ2n) is 6.71. The van der Waals surface area contributed by atoms with E-state index in [0.717, 1.165) is 12.1 Å². The molecular formula is C14H24N6O. The minimum Gasteiger partial charge on any atom is -0.339 e. The van der Waals surface area contributed by atoms with Crippen LogP contribution in [0, 0.1) is 5.92 Å². The predicted molar refractivity (Wildman–Crippen MR) is 78.6 cm³/mol. The van der Waals surface area contributed by atoms with Crippen LogP contribution >= 0.6 is 0 Å². The Labute approximate surface area is 125 Å². The molecule has 0 saturated carbocycles. The highest BCUT2D eigenvalue weighted by molar-refractivity contribution is 4.95. The molecule has 0 atom stereocenters. The van der Waals surface area contributed by atoms with E-state index in [1.54, 1.807) is 4.68 Å². The van der Waals surface area contributed by atoms with Gasteiger partial charge in [0.05, 0.1) is 11.9 Å². The van der Waals surface area contributed by atoms with Gasteiger partial charge in [-0.25, -0.2) is 4.68 Å². The molecule has 0 unspecified atom stereocenters. The molecule has 0 saturated heterocycles. The van der Waals surface area contributed by atoms with Crippen molar-refractivity contribution in [1.82, 2.24) is 30.5 Å². The van der Waals surface area contributed by atoms with Crippen molar-refractivity contribution in [3.63, 3.8) is 0 Å². The normalized spacial score (nSPS) is 12.3. The van der Waals surface area contributed by atoms with Crippen LogP contribution in [-0.4, -0.2) is 30.7 Å². The second-order valence-corrected chi connectivity index (χ2v) is 6.71. The summed E-state index contributed by atoms with van der Waals surface area (Å²) in [4.78, 5) is 4.36. The standard InChI is InChI=1S/C14H24N6O/c1-10(2)6-13-16-12(18-21-13)9-20-8-11(17-19-20)7-15-14(3,4)5/h8,10,15H,6-7,9H2,1-5H3. The average molecular weight is 292 g/mol.